The minimum absolute atomic E-state index is 0.0119. The van der Waals surface area contributed by atoms with Crippen LogP contribution in [0.3, 0.4) is 0 Å². The maximum absolute atomic E-state index is 13.0. The predicted octanol–water partition coefficient (Wildman–Crippen LogP) is 3.78. The molecule has 1 heterocycles. The summed E-state index contributed by atoms with van der Waals surface area (Å²) in [6.45, 7) is 1.88. The lowest BCUT2D eigenvalue weighted by atomic mass is 9.77. The van der Waals surface area contributed by atoms with Crippen molar-refractivity contribution in [2.75, 3.05) is 5.75 Å². The highest BCUT2D eigenvalue weighted by Crippen LogP contribution is 2.42. The number of phenolic OH excluding ortho intramolecular Hbond substituents is 1. The number of halogens is 1. The third-order valence-corrected chi connectivity index (χ3v) is 5.08. The number of thioether (sulfide) groups is 1. The number of rotatable bonds is 1. The first-order valence-corrected chi connectivity index (χ1v) is 7.26. The zero-order valence-corrected chi connectivity index (χ0v) is 11.7. The Bertz CT molecular complexity index is 681. The zero-order chi connectivity index (χ0) is 14.3. The first-order valence-electron chi connectivity index (χ1n) is 6.27. The average molecular weight is 288 g/mol. The van der Waals surface area contributed by atoms with Crippen molar-refractivity contribution in [2.24, 2.45) is 0 Å². The second-order valence-corrected chi connectivity index (χ2v) is 6.15. The van der Waals surface area contributed by atoms with Crippen molar-refractivity contribution in [1.29, 1.82) is 0 Å². The maximum atomic E-state index is 13.0. The fraction of sp³-hybridized carbons (Fsp3) is 0.188. The van der Waals surface area contributed by atoms with E-state index in [1.165, 1.54) is 30.0 Å². The van der Waals surface area contributed by atoms with E-state index in [-0.39, 0.29) is 17.3 Å². The lowest BCUT2D eigenvalue weighted by Gasteiger charge is -2.33. The van der Waals surface area contributed by atoms with Gasteiger partial charge in [0, 0.05) is 16.2 Å². The van der Waals surface area contributed by atoms with E-state index in [4.69, 9.17) is 0 Å². The van der Waals surface area contributed by atoms with Crippen LogP contribution in [0.25, 0.3) is 0 Å². The molecule has 0 saturated heterocycles. The van der Waals surface area contributed by atoms with Crippen LogP contribution < -0.4 is 0 Å². The van der Waals surface area contributed by atoms with E-state index in [2.05, 4.69) is 0 Å². The number of phenols is 1. The summed E-state index contributed by atoms with van der Waals surface area (Å²) in [5.74, 6) is 0.444. The molecule has 2 nitrogen and oxygen atoms in total. The number of fused-ring (bicyclic) bond motifs is 1. The summed E-state index contributed by atoms with van der Waals surface area (Å²) in [5.41, 5.74) is 0.767. The first-order chi connectivity index (χ1) is 9.50. The number of hydrogen-bond donors (Lipinski definition) is 1. The molecule has 0 radical (unpaired) electrons. The van der Waals surface area contributed by atoms with E-state index in [0.717, 1.165) is 10.5 Å². The van der Waals surface area contributed by atoms with Gasteiger partial charge in [-0.2, -0.15) is 0 Å². The Morgan fingerprint density at radius 3 is 2.60 bits per heavy atom. The molecule has 20 heavy (non-hydrogen) atoms. The molecule has 1 aliphatic rings. The predicted molar refractivity (Wildman–Crippen MR) is 76.9 cm³/mol. The Balaban J connectivity index is 2.06. The van der Waals surface area contributed by atoms with Crippen LogP contribution in [0.2, 0.25) is 0 Å². The summed E-state index contributed by atoms with van der Waals surface area (Å²) in [5, 5.41) is 9.49. The van der Waals surface area contributed by atoms with Crippen LogP contribution in [0.1, 0.15) is 22.8 Å². The summed E-state index contributed by atoms with van der Waals surface area (Å²) in [6, 6.07) is 10.9. The highest BCUT2D eigenvalue weighted by atomic mass is 32.2. The monoisotopic (exact) mass is 288 g/mol. The van der Waals surface area contributed by atoms with Crippen LogP contribution >= 0.6 is 11.8 Å². The van der Waals surface area contributed by atoms with Gasteiger partial charge in [-0.3, -0.25) is 4.79 Å². The van der Waals surface area contributed by atoms with Gasteiger partial charge in [-0.25, -0.2) is 4.39 Å². The molecule has 4 heteroatoms. The Morgan fingerprint density at radius 1 is 1.20 bits per heavy atom. The lowest BCUT2D eigenvalue weighted by molar-refractivity contribution is 0.0905. The topological polar surface area (TPSA) is 37.3 Å². The van der Waals surface area contributed by atoms with Crippen LogP contribution in [-0.4, -0.2) is 16.6 Å². The molecule has 0 spiro atoms. The third kappa shape index (κ3) is 2.00. The fourth-order valence-corrected chi connectivity index (χ4v) is 3.70. The van der Waals surface area contributed by atoms with E-state index in [0.29, 0.717) is 11.3 Å². The van der Waals surface area contributed by atoms with Crippen LogP contribution in [0.4, 0.5) is 4.39 Å². The van der Waals surface area contributed by atoms with Crippen molar-refractivity contribution in [3.8, 4) is 5.75 Å². The van der Waals surface area contributed by atoms with Crippen LogP contribution in [0.5, 0.6) is 5.75 Å². The molecule has 1 atom stereocenters. The number of carbonyl (C=O) groups is 1. The van der Waals surface area contributed by atoms with Gasteiger partial charge in [-0.1, -0.05) is 12.1 Å². The van der Waals surface area contributed by atoms with Gasteiger partial charge < -0.3 is 5.11 Å². The maximum Gasteiger partial charge on any atom is 0.175 e. The first kappa shape index (κ1) is 13.2. The molecule has 0 bridgehead atoms. The minimum Gasteiger partial charge on any atom is -0.508 e. The summed E-state index contributed by atoms with van der Waals surface area (Å²) in [6.07, 6.45) is 0. The molecular weight excluding hydrogens is 275 g/mol. The van der Waals surface area contributed by atoms with Crippen molar-refractivity contribution < 1.29 is 14.3 Å². The zero-order valence-electron chi connectivity index (χ0n) is 10.9. The smallest absolute Gasteiger partial charge is 0.175 e. The molecule has 2 aromatic rings. The Hall–Kier alpha value is -1.81. The normalized spacial score (nSPS) is 21.6. The molecular formula is C16H13FO2S. The molecule has 1 N–H and O–H groups in total. The molecule has 102 valence electrons. The van der Waals surface area contributed by atoms with Gasteiger partial charge >= 0.3 is 0 Å². The second-order valence-electron chi connectivity index (χ2n) is 5.14. The minimum atomic E-state index is -0.664. The van der Waals surface area contributed by atoms with E-state index < -0.39 is 5.41 Å². The standard InChI is InChI=1S/C16H13FO2S/c1-16(10-2-4-11(17)5-3-10)9-20-14-8-12(18)6-7-13(14)15(16)19/h2-8,18H,9H2,1H3. The van der Waals surface area contributed by atoms with Gasteiger partial charge in [0.25, 0.3) is 0 Å². The van der Waals surface area contributed by atoms with E-state index in [9.17, 15) is 14.3 Å². The van der Waals surface area contributed by atoms with Crippen molar-refractivity contribution in [1.82, 2.24) is 0 Å². The van der Waals surface area contributed by atoms with Gasteiger partial charge in [0.1, 0.15) is 11.6 Å². The van der Waals surface area contributed by atoms with E-state index in [1.54, 1.807) is 24.3 Å². The fourth-order valence-electron chi connectivity index (χ4n) is 2.44. The van der Waals surface area contributed by atoms with Gasteiger partial charge in [-0.15, -0.1) is 11.8 Å². The lowest BCUT2D eigenvalue weighted by Crippen LogP contribution is -2.38. The molecule has 0 aliphatic carbocycles. The Kier molecular flexibility index (Phi) is 3.05. The van der Waals surface area contributed by atoms with Crippen molar-refractivity contribution in [2.45, 2.75) is 17.2 Å². The van der Waals surface area contributed by atoms with E-state index >= 15 is 0 Å². The van der Waals surface area contributed by atoms with Crippen molar-refractivity contribution >= 4 is 17.5 Å². The third-order valence-electron chi connectivity index (χ3n) is 3.71. The molecule has 3 rings (SSSR count). The van der Waals surface area contributed by atoms with Crippen molar-refractivity contribution in [3.63, 3.8) is 0 Å². The largest absolute Gasteiger partial charge is 0.508 e. The van der Waals surface area contributed by atoms with Gasteiger partial charge in [-0.05, 0) is 42.8 Å². The molecule has 1 aliphatic heterocycles. The molecule has 0 fully saturated rings. The summed E-state index contributed by atoms with van der Waals surface area (Å²) in [7, 11) is 0. The van der Waals surface area contributed by atoms with Gasteiger partial charge in [0.15, 0.2) is 5.78 Å². The second kappa shape index (κ2) is 4.63. The number of Topliss-reactive ketones (excluding diaryl/α,β-unsaturated/α-hetero) is 1. The van der Waals surface area contributed by atoms with Crippen LogP contribution in [-0.2, 0) is 5.41 Å². The molecule has 0 aromatic heterocycles. The number of ketones is 1. The summed E-state index contributed by atoms with van der Waals surface area (Å²) >= 11 is 1.54. The number of benzene rings is 2. The molecule has 0 amide bonds. The van der Waals surface area contributed by atoms with Crippen molar-refractivity contribution in [3.05, 3.63) is 59.4 Å². The SMILES string of the molecule is CC1(c2ccc(F)cc2)CSc2cc(O)ccc2C1=O. The molecule has 1 unspecified atom stereocenters. The number of aromatic hydroxyl groups is 1. The van der Waals surface area contributed by atoms with Gasteiger partial charge in [0.2, 0.25) is 0 Å². The van der Waals surface area contributed by atoms with Crippen LogP contribution in [0.15, 0.2) is 47.4 Å². The summed E-state index contributed by atoms with van der Waals surface area (Å²) < 4.78 is 13.0. The van der Waals surface area contributed by atoms with Gasteiger partial charge in [0.05, 0.1) is 5.41 Å². The van der Waals surface area contributed by atoms with Crippen LogP contribution in [0, 0.1) is 5.82 Å². The average Bonchev–Trinajstić information content (AvgIpc) is 2.44. The van der Waals surface area contributed by atoms with E-state index in [1.807, 2.05) is 6.92 Å². The quantitative estimate of drug-likeness (QED) is 0.867. The molecule has 2 aromatic carbocycles. The highest BCUT2D eigenvalue weighted by molar-refractivity contribution is 7.99. The molecule has 0 saturated carbocycles. The Morgan fingerprint density at radius 2 is 1.90 bits per heavy atom. The number of carbonyl (C=O) groups excluding carboxylic acids is 1. The Labute approximate surface area is 120 Å². The number of hydrogen-bond acceptors (Lipinski definition) is 3. The highest BCUT2D eigenvalue weighted by Gasteiger charge is 2.40. The summed E-state index contributed by atoms with van der Waals surface area (Å²) in [4.78, 5) is 13.5.